The van der Waals surface area contributed by atoms with E-state index in [1.165, 1.54) is 13.2 Å². The van der Waals surface area contributed by atoms with Gasteiger partial charge in [-0.3, -0.25) is 4.79 Å². The summed E-state index contributed by atoms with van der Waals surface area (Å²) in [5, 5.41) is 0. The lowest BCUT2D eigenvalue weighted by molar-refractivity contribution is 0.0600. The summed E-state index contributed by atoms with van der Waals surface area (Å²) in [5.74, 6) is -0.536. The molecule has 1 fully saturated rings. The fraction of sp³-hybridized carbons (Fsp3) is 0.238. The molecule has 26 heavy (non-hydrogen) atoms. The van der Waals surface area contributed by atoms with Crippen LogP contribution >= 0.6 is 0 Å². The second kappa shape index (κ2) is 8.45. The zero-order valence-corrected chi connectivity index (χ0v) is 14.7. The maximum absolute atomic E-state index is 12.4. The van der Waals surface area contributed by atoms with Crippen molar-refractivity contribution in [1.29, 1.82) is 0 Å². The number of benzene rings is 2. The van der Waals surface area contributed by atoms with Crippen molar-refractivity contribution in [1.82, 2.24) is 0 Å². The first-order chi connectivity index (χ1) is 12.7. The van der Waals surface area contributed by atoms with Gasteiger partial charge in [0, 0.05) is 24.3 Å². The minimum absolute atomic E-state index is 0.113. The molecule has 0 unspecified atom stereocenters. The van der Waals surface area contributed by atoms with Crippen molar-refractivity contribution >= 4 is 23.5 Å². The Morgan fingerprint density at radius 3 is 2.42 bits per heavy atom. The van der Waals surface area contributed by atoms with E-state index >= 15 is 0 Å². The number of hydrogen-bond acceptors (Lipinski definition) is 5. The fourth-order valence-corrected chi connectivity index (χ4v) is 2.86. The lowest BCUT2D eigenvalue weighted by atomic mass is 10.0. The average molecular weight is 351 g/mol. The molecule has 0 amide bonds. The second-order valence-corrected chi connectivity index (χ2v) is 5.92. The van der Waals surface area contributed by atoms with Crippen molar-refractivity contribution in [2.45, 2.75) is 0 Å². The van der Waals surface area contributed by atoms with Crippen molar-refractivity contribution in [3.63, 3.8) is 0 Å². The Morgan fingerprint density at radius 1 is 1.04 bits per heavy atom. The lowest BCUT2D eigenvalue weighted by Gasteiger charge is -2.28. The molecular weight excluding hydrogens is 330 g/mol. The highest BCUT2D eigenvalue weighted by atomic mass is 16.5. The van der Waals surface area contributed by atoms with Gasteiger partial charge in [0.2, 0.25) is 0 Å². The predicted molar refractivity (Wildman–Crippen MR) is 101 cm³/mol. The molecule has 1 saturated heterocycles. The topological polar surface area (TPSA) is 55.8 Å². The molecule has 0 spiro atoms. The summed E-state index contributed by atoms with van der Waals surface area (Å²) in [6.45, 7) is 3.17. The Morgan fingerprint density at radius 2 is 1.73 bits per heavy atom. The van der Waals surface area contributed by atoms with Crippen molar-refractivity contribution in [3.8, 4) is 0 Å². The van der Waals surface area contributed by atoms with Gasteiger partial charge in [-0.05, 0) is 42.0 Å². The number of anilines is 1. The zero-order chi connectivity index (χ0) is 18.4. The van der Waals surface area contributed by atoms with E-state index in [2.05, 4.69) is 4.90 Å². The molecule has 1 aliphatic heterocycles. The van der Waals surface area contributed by atoms with Crippen LogP contribution in [0.2, 0.25) is 0 Å². The molecule has 1 aliphatic rings. The molecule has 0 aliphatic carbocycles. The smallest absolute Gasteiger partial charge is 0.338 e. The van der Waals surface area contributed by atoms with Crippen LogP contribution < -0.4 is 4.90 Å². The summed E-state index contributed by atoms with van der Waals surface area (Å²) in [5.41, 5.74) is 2.78. The van der Waals surface area contributed by atoms with Crippen LogP contribution in [0.5, 0.6) is 0 Å². The summed E-state index contributed by atoms with van der Waals surface area (Å²) >= 11 is 0. The summed E-state index contributed by atoms with van der Waals surface area (Å²) in [7, 11) is 1.34. The Labute approximate surface area is 152 Å². The SMILES string of the molecule is COC(=O)c1ccccc1/C=C/C(=O)c1ccc(N2CCOCC2)cc1. The summed E-state index contributed by atoms with van der Waals surface area (Å²) in [6, 6.07) is 14.6. The van der Waals surface area contributed by atoms with Gasteiger partial charge in [0.1, 0.15) is 0 Å². The summed E-state index contributed by atoms with van der Waals surface area (Å²) in [6.07, 6.45) is 3.12. The van der Waals surface area contributed by atoms with Crippen LogP contribution in [0, 0.1) is 0 Å². The first-order valence-corrected chi connectivity index (χ1v) is 8.51. The van der Waals surface area contributed by atoms with E-state index in [0.29, 0.717) is 16.7 Å². The van der Waals surface area contributed by atoms with Crippen molar-refractivity contribution < 1.29 is 19.1 Å². The number of rotatable bonds is 5. The molecule has 5 heteroatoms. The van der Waals surface area contributed by atoms with Crippen LogP contribution in [0.4, 0.5) is 5.69 Å². The van der Waals surface area contributed by atoms with Gasteiger partial charge in [0.15, 0.2) is 5.78 Å². The monoisotopic (exact) mass is 351 g/mol. The largest absolute Gasteiger partial charge is 0.465 e. The van der Waals surface area contributed by atoms with Crippen molar-refractivity contribution in [2.75, 3.05) is 38.3 Å². The number of methoxy groups -OCH3 is 1. The Hall–Kier alpha value is -2.92. The highest BCUT2D eigenvalue weighted by Gasteiger charge is 2.12. The number of esters is 1. The van der Waals surface area contributed by atoms with E-state index in [4.69, 9.17) is 9.47 Å². The quantitative estimate of drug-likeness (QED) is 0.470. The number of ether oxygens (including phenoxy) is 2. The third kappa shape index (κ3) is 4.18. The fourth-order valence-electron chi connectivity index (χ4n) is 2.86. The highest BCUT2D eigenvalue weighted by molar-refractivity contribution is 6.07. The van der Waals surface area contributed by atoms with E-state index in [1.807, 2.05) is 30.3 Å². The van der Waals surface area contributed by atoms with E-state index in [-0.39, 0.29) is 5.78 Å². The Bertz CT molecular complexity index is 805. The van der Waals surface area contributed by atoms with E-state index in [9.17, 15) is 9.59 Å². The Kier molecular flexibility index (Phi) is 5.81. The van der Waals surface area contributed by atoms with Gasteiger partial charge in [0.05, 0.1) is 25.9 Å². The third-order valence-electron chi connectivity index (χ3n) is 4.31. The van der Waals surface area contributed by atoms with Gasteiger partial charge in [-0.25, -0.2) is 4.79 Å². The van der Waals surface area contributed by atoms with E-state index in [0.717, 1.165) is 32.0 Å². The standard InChI is InChI=1S/C21H21NO4/c1-25-21(24)19-5-3-2-4-16(19)8-11-20(23)17-6-9-18(10-7-17)22-12-14-26-15-13-22/h2-11H,12-15H2,1H3/b11-8+. The molecule has 2 aromatic carbocycles. The molecule has 0 bridgehead atoms. The van der Waals surface area contributed by atoms with Gasteiger partial charge < -0.3 is 14.4 Å². The summed E-state index contributed by atoms with van der Waals surface area (Å²) in [4.78, 5) is 26.4. The molecule has 0 radical (unpaired) electrons. The number of carbonyl (C=O) groups is 2. The van der Waals surface area contributed by atoms with Crippen LogP contribution in [0.3, 0.4) is 0 Å². The first-order valence-electron chi connectivity index (χ1n) is 8.51. The molecule has 0 N–H and O–H groups in total. The van der Waals surface area contributed by atoms with E-state index < -0.39 is 5.97 Å². The van der Waals surface area contributed by atoms with Crippen molar-refractivity contribution in [3.05, 3.63) is 71.3 Å². The number of allylic oxidation sites excluding steroid dienone is 1. The van der Waals surface area contributed by atoms with Crippen LogP contribution in [0.15, 0.2) is 54.6 Å². The lowest BCUT2D eigenvalue weighted by Crippen LogP contribution is -2.36. The van der Waals surface area contributed by atoms with Crippen LogP contribution in [0.25, 0.3) is 6.08 Å². The van der Waals surface area contributed by atoms with E-state index in [1.54, 1.807) is 24.3 Å². The molecule has 3 rings (SSSR count). The molecule has 0 atom stereocenters. The number of carbonyl (C=O) groups excluding carboxylic acids is 2. The zero-order valence-electron chi connectivity index (χ0n) is 14.7. The van der Waals surface area contributed by atoms with Crippen LogP contribution in [-0.4, -0.2) is 45.2 Å². The normalized spacial score (nSPS) is 14.4. The number of hydrogen-bond donors (Lipinski definition) is 0. The second-order valence-electron chi connectivity index (χ2n) is 5.92. The number of nitrogens with zero attached hydrogens (tertiary/aromatic N) is 1. The molecule has 1 heterocycles. The third-order valence-corrected chi connectivity index (χ3v) is 4.31. The summed E-state index contributed by atoms with van der Waals surface area (Å²) < 4.78 is 10.1. The first kappa shape index (κ1) is 17.9. The van der Waals surface area contributed by atoms with Crippen LogP contribution in [-0.2, 0) is 9.47 Å². The minimum Gasteiger partial charge on any atom is -0.465 e. The van der Waals surface area contributed by atoms with Gasteiger partial charge in [-0.1, -0.05) is 24.3 Å². The van der Waals surface area contributed by atoms with Gasteiger partial charge in [0.25, 0.3) is 0 Å². The van der Waals surface area contributed by atoms with Crippen LogP contribution in [0.1, 0.15) is 26.3 Å². The molecular formula is C21H21NO4. The predicted octanol–water partition coefficient (Wildman–Crippen LogP) is 3.21. The molecule has 5 nitrogen and oxygen atoms in total. The highest BCUT2D eigenvalue weighted by Crippen LogP contribution is 2.18. The maximum atomic E-state index is 12.4. The molecule has 0 saturated carbocycles. The average Bonchev–Trinajstić information content (AvgIpc) is 2.72. The Balaban J connectivity index is 1.72. The number of morpholine rings is 1. The molecule has 2 aromatic rings. The van der Waals surface area contributed by atoms with Gasteiger partial charge >= 0.3 is 5.97 Å². The molecule has 134 valence electrons. The minimum atomic E-state index is -0.424. The van der Waals surface area contributed by atoms with Crippen molar-refractivity contribution in [2.24, 2.45) is 0 Å². The maximum Gasteiger partial charge on any atom is 0.338 e. The molecule has 0 aromatic heterocycles. The van der Waals surface area contributed by atoms with Gasteiger partial charge in [-0.15, -0.1) is 0 Å². The van der Waals surface area contributed by atoms with Gasteiger partial charge in [-0.2, -0.15) is 0 Å². The number of ketones is 1.